The summed E-state index contributed by atoms with van der Waals surface area (Å²) in [7, 11) is -1.89. The zero-order valence-electron chi connectivity index (χ0n) is 10.8. The molecule has 1 aromatic carbocycles. The van der Waals surface area contributed by atoms with Crippen molar-refractivity contribution in [3.63, 3.8) is 0 Å². The molecule has 0 saturated heterocycles. The van der Waals surface area contributed by atoms with E-state index in [-0.39, 0.29) is 11.0 Å². The molecule has 0 aliphatic heterocycles. The molecule has 1 aromatic rings. The maximum atomic E-state index is 11.4. The molecule has 7 heteroatoms. The second-order valence-electron chi connectivity index (χ2n) is 5.18. The van der Waals surface area contributed by atoms with Crippen LogP contribution >= 0.6 is 0 Å². The van der Waals surface area contributed by atoms with Crippen molar-refractivity contribution in [3.8, 4) is 0 Å². The lowest BCUT2D eigenvalue weighted by molar-refractivity contribution is 0.0465. The van der Waals surface area contributed by atoms with Crippen molar-refractivity contribution in [2.75, 3.05) is 24.2 Å². The summed E-state index contributed by atoms with van der Waals surface area (Å²) in [5.41, 5.74) is 6.78. The number of anilines is 2. The summed E-state index contributed by atoms with van der Waals surface area (Å²) in [5, 5.41) is 14.4. The van der Waals surface area contributed by atoms with E-state index in [4.69, 9.17) is 10.9 Å². The van der Waals surface area contributed by atoms with Crippen molar-refractivity contribution in [1.29, 1.82) is 0 Å². The van der Waals surface area contributed by atoms with E-state index in [9.17, 15) is 13.5 Å². The first kappa shape index (κ1) is 14.1. The van der Waals surface area contributed by atoms with Gasteiger partial charge in [-0.15, -0.1) is 0 Å². The highest BCUT2D eigenvalue weighted by atomic mass is 32.2. The summed E-state index contributed by atoms with van der Waals surface area (Å²) >= 11 is 0. The number of nitrogens with two attached hydrogens (primary N) is 2. The number of nitrogens with zero attached hydrogens (tertiary/aromatic N) is 1. The Hall–Kier alpha value is -1.31. The minimum atomic E-state index is -3.76. The molecule has 0 spiro atoms. The monoisotopic (exact) mass is 285 g/mol. The van der Waals surface area contributed by atoms with E-state index in [1.54, 1.807) is 6.07 Å². The first-order chi connectivity index (χ1) is 8.75. The number of primary sulfonamides is 1. The highest BCUT2D eigenvalue weighted by Gasteiger charge is 2.28. The molecule has 19 heavy (non-hydrogen) atoms. The van der Waals surface area contributed by atoms with Gasteiger partial charge < -0.3 is 15.7 Å². The maximum Gasteiger partial charge on any atom is 0.238 e. The van der Waals surface area contributed by atoms with Crippen LogP contribution in [-0.4, -0.2) is 33.2 Å². The standard InChI is InChI=1S/C12H19N3O3S/c1-15(7-8-2-11(16)3-8)10-4-9(13)5-12(6-10)19(14,17)18/h4-6,8,11,16H,2-3,7,13H2,1H3,(H2,14,17,18). The van der Waals surface area contributed by atoms with Gasteiger partial charge in [-0.2, -0.15) is 0 Å². The summed E-state index contributed by atoms with van der Waals surface area (Å²) in [6.45, 7) is 0.755. The molecular weight excluding hydrogens is 266 g/mol. The molecule has 1 aliphatic rings. The van der Waals surface area contributed by atoms with Gasteiger partial charge in [0.1, 0.15) is 0 Å². The number of nitrogen functional groups attached to an aromatic ring is 1. The van der Waals surface area contributed by atoms with Crippen LogP contribution < -0.4 is 15.8 Å². The number of hydrogen-bond donors (Lipinski definition) is 3. The molecule has 6 nitrogen and oxygen atoms in total. The van der Waals surface area contributed by atoms with Gasteiger partial charge in [-0.05, 0) is 37.0 Å². The maximum absolute atomic E-state index is 11.4. The molecule has 0 amide bonds. The van der Waals surface area contributed by atoms with Crippen molar-refractivity contribution < 1.29 is 13.5 Å². The average molecular weight is 285 g/mol. The molecule has 106 valence electrons. The third kappa shape index (κ3) is 3.37. The van der Waals surface area contributed by atoms with Gasteiger partial charge in [0.25, 0.3) is 0 Å². The fourth-order valence-corrected chi connectivity index (χ4v) is 2.92. The van der Waals surface area contributed by atoms with E-state index < -0.39 is 10.0 Å². The number of benzene rings is 1. The molecule has 2 rings (SSSR count). The van der Waals surface area contributed by atoms with Crippen molar-refractivity contribution in [3.05, 3.63) is 18.2 Å². The Morgan fingerprint density at radius 3 is 2.53 bits per heavy atom. The fraction of sp³-hybridized carbons (Fsp3) is 0.500. The van der Waals surface area contributed by atoms with Gasteiger partial charge in [0.2, 0.25) is 10.0 Å². The molecule has 1 aliphatic carbocycles. The number of aliphatic hydroxyl groups is 1. The molecule has 0 bridgehead atoms. The van der Waals surface area contributed by atoms with Crippen molar-refractivity contribution >= 4 is 21.4 Å². The van der Waals surface area contributed by atoms with Crippen LogP contribution in [0.4, 0.5) is 11.4 Å². The van der Waals surface area contributed by atoms with Crippen LogP contribution in [-0.2, 0) is 10.0 Å². The third-order valence-electron chi connectivity index (χ3n) is 3.43. The molecule has 0 radical (unpaired) electrons. The average Bonchev–Trinajstić information content (AvgIpc) is 2.24. The smallest absolute Gasteiger partial charge is 0.238 e. The highest BCUT2D eigenvalue weighted by Crippen LogP contribution is 2.30. The summed E-state index contributed by atoms with van der Waals surface area (Å²) in [4.78, 5) is 1.95. The van der Waals surface area contributed by atoms with Crippen LogP contribution in [0.2, 0.25) is 0 Å². The summed E-state index contributed by atoms with van der Waals surface area (Å²) < 4.78 is 22.7. The minimum Gasteiger partial charge on any atom is -0.399 e. The summed E-state index contributed by atoms with van der Waals surface area (Å²) in [5.74, 6) is 0.430. The fourth-order valence-electron chi connectivity index (χ4n) is 2.33. The summed E-state index contributed by atoms with van der Waals surface area (Å²) in [6, 6.07) is 4.57. The molecule has 1 fully saturated rings. The molecule has 1 saturated carbocycles. The first-order valence-corrected chi connectivity index (χ1v) is 7.63. The van der Waals surface area contributed by atoms with Gasteiger partial charge in [0.05, 0.1) is 11.0 Å². The Morgan fingerprint density at radius 1 is 1.37 bits per heavy atom. The van der Waals surface area contributed by atoms with Crippen LogP contribution in [0.25, 0.3) is 0 Å². The van der Waals surface area contributed by atoms with Crippen LogP contribution in [0.15, 0.2) is 23.1 Å². The highest BCUT2D eigenvalue weighted by molar-refractivity contribution is 7.89. The van der Waals surface area contributed by atoms with E-state index in [0.717, 1.165) is 19.4 Å². The summed E-state index contributed by atoms with van der Waals surface area (Å²) in [6.07, 6.45) is 1.38. The SMILES string of the molecule is CN(CC1CC(O)C1)c1cc(N)cc(S(N)(=O)=O)c1. The van der Waals surface area contributed by atoms with Gasteiger partial charge >= 0.3 is 0 Å². The Morgan fingerprint density at radius 2 is 2.00 bits per heavy atom. The van der Waals surface area contributed by atoms with Crippen LogP contribution in [0.3, 0.4) is 0 Å². The predicted molar refractivity (Wildman–Crippen MR) is 74.2 cm³/mol. The van der Waals surface area contributed by atoms with Gasteiger partial charge in [0.15, 0.2) is 0 Å². The molecule has 0 heterocycles. The lowest BCUT2D eigenvalue weighted by Crippen LogP contribution is -2.37. The molecule has 0 aromatic heterocycles. The second-order valence-corrected chi connectivity index (χ2v) is 6.74. The molecular formula is C12H19N3O3S. The minimum absolute atomic E-state index is 0.0167. The normalized spacial score (nSPS) is 22.9. The van der Waals surface area contributed by atoms with Gasteiger partial charge in [-0.3, -0.25) is 0 Å². The Kier molecular flexibility index (Phi) is 3.71. The predicted octanol–water partition coefficient (Wildman–Crippen LogP) is 0.123. The van der Waals surface area contributed by atoms with Crippen LogP contribution in [0.1, 0.15) is 12.8 Å². The number of rotatable bonds is 4. The number of aliphatic hydroxyl groups excluding tert-OH is 1. The van der Waals surface area contributed by atoms with Gasteiger partial charge in [-0.25, -0.2) is 13.6 Å². The van der Waals surface area contributed by atoms with E-state index in [2.05, 4.69) is 0 Å². The van der Waals surface area contributed by atoms with E-state index in [1.807, 2.05) is 11.9 Å². The van der Waals surface area contributed by atoms with Gasteiger partial charge in [-0.1, -0.05) is 0 Å². The zero-order valence-corrected chi connectivity index (χ0v) is 11.6. The first-order valence-electron chi connectivity index (χ1n) is 6.08. The lowest BCUT2D eigenvalue weighted by atomic mass is 9.82. The molecule has 0 atom stereocenters. The Bertz CT molecular complexity index is 568. The van der Waals surface area contributed by atoms with Crippen LogP contribution in [0, 0.1) is 5.92 Å². The number of sulfonamides is 1. The van der Waals surface area contributed by atoms with E-state index in [1.165, 1.54) is 12.1 Å². The lowest BCUT2D eigenvalue weighted by Gasteiger charge is -2.35. The molecule has 0 unspecified atom stereocenters. The quantitative estimate of drug-likeness (QED) is 0.681. The Balaban J connectivity index is 2.17. The van der Waals surface area contributed by atoms with Crippen molar-refractivity contribution in [1.82, 2.24) is 0 Å². The van der Waals surface area contributed by atoms with Crippen molar-refractivity contribution in [2.45, 2.75) is 23.8 Å². The van der Waals surface area contributed by atoms with Crippen LogP contribution in [0.5, 0.6) is 0 Å². The molecule has 5 N–H and O–H groups in total. The van der Waals surface area contributed by atoms with E-state index in [0.29, 0.717) is 17.3 Å². The topological polar surface area (TPSA) is 110 Å². The van der Waals surface area contributed by atoms with Gasteiger partial charge in [0, 0.05) is 25.0 Å². The van der Waals surface area contributed by atoms with Crippen molar-refractivity contribution in [2.24, 2.45) is 11.1 Å². The number of hydrogen-bond acceptors (Lipinski definition) is 5. The zero-order chi connectivity index (χ0) is 14.2. The third-order valence-corrected chi connectivity index (χ3v) is 4.32. The van der Waals surface area contributed by atoms with E-state index >= 15 is 0 Å². The Labute approximate surface area is 113 Å². The second kappa shape index (κ2) is 4.99. The largest absolute Gasteiger partial charge is 0.399 e.